The van der Waals surface area contributed by atoms with E-state index in [0.717, 1.165) is 5.56 Å². The molecule has 1 aliphatic heterocycles. The molecule has 1 aliphatic rings. The highest BCUT2D eigenvalue weighted by molar-refractivity contribution is 9.09. The van der Waals surface area contributed by atoms with Crippen LogP contribution in [0.1, 0.15) is 18.4 Å². The summed E-state index contributed by atoms with van der Waals surface area (Å²) in [6.07, 6.45) is 0.740. The number of benzene rings is 1. The Balaban J connectivity index is 1.84. The first kappa shape index (κ1) is 17.0. The summed E-state index contributed by atoms with van der Waals surface area (Å²) in [6.45, 7) is 1.59. The van der Waals surface area contributed by atoms with Gasteiger partial charge in [-0.05, 0) is 18.4 Å². The van der Waals surface area contributed by atoms with E-state index in [-0.39, 0.29) is 24.3 Å². The molecule has 0 spiro atoms. The van der Waals surface area contributed by atoms with E-state index >= 15 is 0 Å². The summed E-state index contributed by atoms with van der Waals surface area (Å²) in [5.41, 5.74) is 0.378. The standard InChI is InChI=1S/C16H20BrNO4/c17-10-14(19)16(6-8-21-9-7-16)12-18-15(20)22-11-13-4-2-1-3-5-13/h1-5H,6-12H2,(H,18,20). The highest BCUT2D eigenvalue weighted by atomic mass is 79.9. The van der Waals surface area contributed by atoms with E-state index in [0.29, 0.717) is 26.1 Å². The average Bonchev–Trinajstić information content (AvgIpc) is 2.59. The molecule has 1 aromatic rings. The van der Waals surface area contributed by atoms with Crippen molar-refractivity contribution in [2.45, 2.75) is 19.4 Å². The Labute approximate surface area is 138 Å². The first-order chi connectivity index (χ1) is 10.7. The average molecular weight is 370 g/mol. The molecule has 0 radical (unpaired) electrons. The van der Waals surface area contributed by atoms with Crippen molar-refractivity contribution in [3.05, 3.63) is 35.9 Å². The van der Waals surface area contributed by atoms with Gasteiger partial charge in [-0.1, -0.05) is 46.3 Å². The molecule has 0 aliphatic carbocycles. The van der Waals surface area contributed by atoms with Gasteiger partial charge in [-0.3, -0.25) is 4.79 Å². The van der Waals surface area contributed by atoms with Gasteiger partial charge < -0.3 is 14.8 Å². The number of hydrogen-bond acceptors (Lipinski definition) is 4. The number of nitrogens with one attached hydrogen (secondary N) is 1. The summed E-state index contributed by atoms with van der Waals surface area (Å²) in [5, 5.41) is 3.01. The lowest BCUT2D eigenvalue weighted by molar-refractivity contribution is -0.131. The van der Waals surface area contributed by atoms with Gasteiger partial charge in [0.15, 0.2) is 5.78 Å². The molecule has 1 amide bonds. The Morgan fingerprint density at radius 1 is 1.23 bits per heavy atom. The van der Waals surface area contributed by atoms with E-state index in [1.54, 1.807) is 0 Å². The number of hydrogen-bond donors (Lipinski definition) is 1. The van der Waals surface area contributed by atoms with Crippen molar-refractivity contribution in [1.29, 1.82) is 0 Å². The molecule has 5 nitrogen and oxygen atoms in total. The number of ether oxygens (including phenoxy) is 2. The zero-order valence-corrected chi connectivity index (χ0v) is 13.9. The summed E-state index contributed by atoms with van der Waals surface area (Å²) in [7, 11) is 0. The van der Waals surface area contributed by atoms with Gasteiger partial charge in [0.05, 0.1) is 10.7 Å². The van der Waals surface area contributed by atoms with Crippen LogP contribution in [0.25, 0.3) is 0 Å². The lowest BCUT2D eigenvalue weighted by Crippen LogP contribution is -2.47. The highest BCUT2D eigenvalue weighted by Crippen LogP contribution is 2.31. The Kier molecular flexibility index (Phi) is 6.39. The van der Waals surface area contributed by atoms with Crippen molar-refractivity contribution in [2.24, 2.45) is 5.41 Å². The molecule has 22 heavy (non-hydrogen) atoms. The first-order valence-electron chi connectivity index (χ1n) is 7.28. The summed E-state index contributed by atoms with van der Waals surface area (Å²) in [5.74, 6) is 0.0964. The molecule has 1 heterocycles. The highest BCUT2D eigenvalue weighted by Gasteiger charge is 2.39. The quantitative estimate of drug-likeness (QED) is 0.782. The van der Waals surface area contributed by atoms with Gasteiger partial charge >= 0.3 is 6.09 Å². The molecule has 1 saturated heterocycles. The predicted octanol–water partition coefficient (Wildman–Crippen LogP) is 2.67. The number of Topliss-reactive ketones (excluding diaryl/α,β-unsaturated/α-hetero) is 1. The maximum absolute atomic E-state index is 12.2. The third-order valence-electron chi connectivity index (χ3n) is 3.95. The fraction of sp³-hybridized carbons (Fsp3) is 0.500. The van der Waals surface area contributed by atoms with Gasteiger partial charge in [-0.25, -0.2) is 4.79 Å². The summed E-state index contributed by atoms with van der Waals surface area (Å²) < 4.78 is 10.5. The molecule has 0 atom stereocenters. The third-order valence-corrected chi connectivity index (χ3v) is 4.46. The topological polar surface area (TPSA) is 64.6 Å². The second-order valence-electron chi connectivity index (χ2n) is 5.36. The van der Waals surface area contributed by atoms with E-state index in [1.807, 2.05) is 30.3 Å². The number of ketones is 1. The first-order valence-corrected chi connectivity index (χ1v) is 8.40. The van der Waals surface area contributed by atoms with Crippen LogP contribution in [0, 0.1) is 5.41 Å². The number of carbonyl (C=O) groups excluding carboxylic acids is 2. The van der Waals surface area contributed by atoms with Crippen LogP contribution in [0.2, 0.25) is 0 Å². The minimum absolute atomic E-state index is 0.0964. The Bertz CT molecular complexity index is 500. The number of amides is 1. The zero-order chi connectivity index (χ0) is 15.8. The van der Waals surface area contributed by atoms with Gasteiger partial charge in [-0.15, -0.1) is 0 Å². The van der Waals surface area contributed by atoms with Crippen molar-refractivity contribution in [1.82, 2.24) is 5.32 Å². The van der Waals surface area contributed by atoms with E-state index in [1.165, 1.54) is 0 Å². The van der Waals surface area contributed by atoms with Crippen LogP contribution in [0.15, 0.2) is 30.3 Å². The van der Waals surface area contributed by atoms with Gasteiger partial charge in [-0.2, -0.15) is 0 Å². The van der Waals surface area contributed by atoms with Crippen molar-refractivity contribution < 1.29 is 19.1 Å². The normalized spacial score (nSPS) is 16.8. The molecule has 120 valence electrons. The molecule has 0 saturated carbocycles. The number of rotatable bonds is 6. The Morgan fingerprint density at radius 2 is 1.91 bits per heavy atom. The smallest absolute Gasteiger partial charge is 0.407 e. The Hall–Kier alpha value is -1.40. The molecular weight excluding hydrogens is 350 g/mol. The predicted molar refractivity (Wildman–Crippen MR) is 85.9 cm³/mol. The minimum Gasteiger partial charge on any atom is -0.445 e. The lowest BCUT2D eigenvalue weighted by atomic mass is 9.77. The van der Waals surface area contributed by atoms with Crippen LogP contribution < -0.4 is 5.32 Å². The summed E-state index contributed by atoms with van der Waals surface area (Å²) in [6, 6.07) is 9.47. The molecular formula is C16H20BrNO4. The van der Waals surface area contributed by atoms with Crippen LogP contribution >= 0.6 is 15.9 Å². The van der Waals surface area contributed by atoms with Crippen LogP contribution in [-0.2, 0) is 20.9 Å². The molecule has 0 unspecified atom stereocenters. The van der Waals surface area contributed by atoms with E-state index < -0.39 is 11.5 Å². The van der Waals surface area contributed by atoms with Gasteiger partial charge in [0.25, 0.3) is 0 Å². The fourth-order valence-corrected chi connectivity index (χ4v) is 3.07. The van der Waals surface area contributed by atoms with Crippen LogP contribution in [0.5, 0.6) is 0 Å². The second-order valence-corrected chi connectivity index (χ2v) is 5.93. The van der Waals surface area contributed by atoms with Crippen molar-refractivity contribution in [3.63, 3.8) is 0 Å². The maximum Gasteiger partial charge on any atom is 0.407 e. The van der Waals surface area contributed by atoms with Crippen molar-refractivity contribution in [2.75, 3.05) is 25.1 Å². The monoisotopic (exact) mass is 369 g/mol. The van der Waals surface area contributed by atoms with E-state index in [2.05, 4.69) is 21.2 Å². The largest absolute Gasteiger partial charge is 0.445 e. The molecule has 2 rings (SSSR count). The summed E-state index contributed by atoms with van der Waals surface area (Å²) >= 11 is 3.22. The zero-order valence-electron chi connectivity index (χ0n) is 12.3. The van der Waals surface area contributed by atoms with Crippen LogP contribution in [0.3, 0.4) is 0 Å². The van der Waals surface area contributed by atoms with Gasteiger partial charge in [0.1, 0.15) is 6.61 Å². The van der Waals surface area contributed by atoms with Crippen molar-refractivity contribution >= 4 is 27.8 Å². The van der Waals surface area contributed by atoms with Crippen LogP contribution in [-0.4, -0.2) is 37.0 Å². The minimum atomic E-state index is -0.548. The summed E-state index contributed by atoms with van der Waals surface area (Å²) in [4.78, 5) is 24.0. The second kappa shape index (κ2) is 8.29. The molecule has 1 fully saturated rings. The fourth-order valence-electron chi connectivity index (χ4n) is 2.47. The molecule has 6 heteroatoms. The number of carbonyl (C=O) groups is 2. The number of halogens is 1. The SMILES string of the molecule is O=C(NCC1(C(=O)CBr)CCOCC1)OCc1ccccc1. The Morgan fingerprint density at radius 3 is 2.55 bits per heavy atom. The van der Waals surface area contributed by atoms with Crippen molar-refractivity contribution in [3.8, 4) is 0 Å². The molecule has 0 bridgehead atoms. The van der Waals surface area contributed by atoms with Gasteiger partial charge in [0.2, 0.25) is 0 Å². The van der Waals surface area contributed by atoms with Gasteiger partial charge in [0, 0.05) is 19.8 Å². The molecule has 1 N–H and O–H groups in total. The van der Waals surface area contributed by atoms with Crippen LogP contribution in [0.4, 0.5) is 4.79 Å². The molecule has 0 aromatic heterocycles. The number of alkyl halides is 1. The van der Waals surface area contributed by atoms with E-state index in [4.69, 9.17) is 9.47 Å². The lowest BCUT2D eigenvalue weighted by Gasteiger charge is -2.35. The number of alkyl carbamates (subject to hydrolysis) is 1. The molecule has 1 aromatic carbocycles. The van der Waals surface area contributed by atoms with E-state index in [9.17, 15) is 9.59 Å². The maximum atomic E-state index is 12.2. The third kappa shape index (κ3) is 4.55.